The van der Waals surface area contributed by atoms with Gasteiger partial charge < -0.3 is 15.6 Å². The van der Waals surface area contributed by atoms with Gasteiger partial charge in [0, 0.05) is 23.1 Å². The summed E-state index contributed by atoms with van der Waals surface area (Å²) >= 11 is 0. The fraction of sp³-hybridized carbons (Fsp3) is 0.538. The van der Waals surface area contributed by atoms with Crippen LogP contribution in [-0.4, -0.2) is 18.8 Å². The summed E-state index contributed by atoms with van der Waals surface area (Å²) < 4.78 is 5.24. The molecule has 0 aromatic heterocycles. The number of ether oxygens (including phenoxy) is 1. The first-order valence-corrected chi connectivity index (χ1v) is 5.63. The predicted octanol–water partition coefficient (Wildman–Crippen LogP) is 2.01. The van der Waals surface area contributed by atoms with Crippen molar-refractivity contribution in [3.05, 3.63) is 22.8 Å². The quantitative estimate of drug-likeness (QED) is 0.821. The normalized spacial score (nSPS) is 17.2. The molecule has 88 valence electrons. The Bertz CT molecular complexity index is 422. The smallest absolute Gasteiger partial charge is 0.126 e. The highest BCUT2D eigenvalue weighted by atomic mass is 16.5. The lowest BCUT2D eigenvalue weighted by molar-refractivity contribution is 0.398. The zero-order chi connectivity index (χ0) is 11.9. The minimum Gasteiger partial charge on any atom is -0.507 e. The standard InChI is InChI=1S/C13H19NO2/c1-8-6-10(16-3)9(2)12(15)11(8)13(7-14)4-5-13/h6,15H,4-5,7,14H2,1-3H3. The number of nitrogens with two attached hydrogens (primary N) is 1. The largest absolute Gasteiger partial charge is 0.507 e. The maximum atomic E-state index is 10.3. The van der Waals surface area contributed by atoms with Gasteiger partial charge in [0.2, 0.25) is 0 Å². The van der Waals surface area contributed by atoms with Crippen LogP contribution in [0.4, 0.5) is 0 Å². The molecule has 1 aliphatic carbocycles. The van der Waals surface area contributed by atoms with Gasteiger partial charge in [-0.15, -0.1) is 0 Å². The molecule has 0 atom stereocenters. The van der Waals surface area contributed by atoms with Gasteiger partial charge in [-0.3, -0.25) is 0 Å². The molecule has 1 aromatic carbocycles. The number of methoxy groups -OCH3 is 1. The van der Waals surface area contributed by atoms with Crippen molar-refractivity contribution in [2.45, 2.75) is 32.1 Å². The number of phenolic OH excluding ortho intramolecular Hbond substituents is 1. The molecule has 1 aromatic rings. The van der Waals surface area contributed by atoms with Crippen molar-refractivity contribution in [2.24, 2.45) is 5.73 Å². The van der Waals surface area contributed by atoms with E-state index in [1.807, 2.05) is 19.9 Å². The zero-order valence-electron chi connectivity index (χ0n) is 10.1. The molecule has 0 amide bonds. The maximum absolute atomic E-state index is 10.3. The summed E-state index contributed by atoms with van der Waals surface area (Å²) in [5, 5.41) is 10.3. The number of aryl methyl sites for hydroxylation is 1. The lowest BCUT2D eigenvalue weighted by Gasteiger charge is -2.20. The fourth-order valence-corrected chi connectivity index (χ4v) is 2.46. The van der Waals surface area contributed by atoms with Gasteiger partial charge in [0.05, 0.1) is 7.11 Å². The predicted molar refractivity (Wildman–Crippen MR) is 64.1 cm³/mol. The Kier molecular flexibility index (Phi) is 2.58. The highest BCUT2D eigenvalue weighted by Crippen LogP contribution is 2.53. The van der Waals surface area contributed by atoms with E-state index in [9.17, 15) is 5.11 Å². The summed E-state index contributed by atoms with van der Waals surface area (Å²) in [7, 11) is 1.62. The summed E-state index contributed by atoms with van der Waals surface area (Å²) in [5.41, 5.74) is 8.74. The Hall–Kier alpha value is -1.22. The molecule has 0 aliphatic heterocycles. The molecule has 3 N–H and O–H groups in total. The molecule has 2 rings (SSSR count). The Morgan fingerprint density at radius 3 is 2.50 bits per heavy atom. The van der Waals surface area contributed by atoms with Crippen LogP contribution in [0.25, 0.3) is 0 Å². The number of hydrogen-bond donors (Lipinski definition) is 2. The third-order valence-electron chi connectivity index (χ3n) is 3.70. The average Bonchev–Trinajstić information content (AvgIpc) is 3.04. The molecule has 0 saturated heterocycles. The van der Waals surface area contributed by atoms with E-state index in [0.717, 1.165) is 35.3 Å². The minimum atomic E-state index is 0.0190. The molecule has 16 heavy (non-hydrogen) atoms. The Morgan fingerprint density at radius 1 is 1.44 bits per heavy atom. The van der Waals surface area contributed by atoms with Crippen LogP contribution in [0.2, 0.25) is 0 Å². The second kappa shape index (κ2) is 3.67. The van der Waals surface area contributed by atoms with Crippen molar-refractivity contribution in [3.8, 4) is 11.5 Å². The van der Waals surface area contributed by atoms with E-state index in [2.05, 4.69) is 0 Å². The highest BCUT2D eigenvalue weighted by Gasteiger charge is 2.46. The molecule has 3 heteroatoms. The van der Waals surface area contributed by atoms with E-state index < -0.39 is 0 Å². The van der Waals surface area contributed by atoms with E-state index in [1.54, 1.807) is 7.11 Å². The second-order valence-electron chi connectivity index (χ2n) is 4.73. The van der Waals surface area contributed by atoms with Crippen molar-refractivity contribution >= 4 is 0 Å². The number of hydrogen-bond acceptors (Lipinski definition) is 3. The lowest BCUT2D eigenvalue weighted by Crippen LogP contribution is -2.21. The average molecular weight is 221 g/mol. The van der Waals surface area contributed by atoms with Gasteiger partial charge in [-0.2, -0.15) is 0 Å². The van der Waals surface area contributed by atoms with Gasteiger partial charge in [0.25, 0.3) is 0 Å². The Labute approximate surface area is 96.2 Å². The van der Waals surface area contributed by atoms with Crippen LogP contribution in [-0.2, 0) is 5.41 Å². The molecule has 0 unspecified atom stereocenters. The van der Waals surface area contributed by atoms with E-state index in [1.165, 1.54) is 0 Å². The van der Waals surface area contributed by atoms with Gasteiger partial charge in [-0.05, 0) is 38.3 Å². The van der Waals surface area contributed by atoms with Crippen molar-refractivity contribution < 1.29 is 9.84 Å². The molecule has 0 heterocycles. The number of rotatable bonds is 3. The van der Waals surface area contributed by atoms with Crippen molar-refractivity contribution in [2.75, 3.05) is 13.7 Å². The molecule has 1 aliphatic rings. The molecule has 3 nitrogen and oxygen atoms in total. The van der Waals surface area contributed by atoms with Crippen molar-refractivity contribution in [1.29, 1.82) is 0 Å². The molecule has 0 bridgehead atoms. The number of phenols is 1. The number of benzene rings is 1. The molecule has 0 spiro atoms. The first-order chi connectivity index (χ1) is 7.55. The summed E-state index contributed by atoms with van der Waals surface area (Å²) in [4.78, 5) is 0. The minimum absolute atomic E-state index is 0.0190. The number of aromatic hydroxyl groups is 1. The highest BCUT2D eigenvalue weighted by molar-refractivity contribution is 5.57. The fourth-order valence-electron chi connectivity index (χ4n) is 2.46. The third kappa shape index (κ3) is 1.47. The van der Waals surface area contributed by atoms with Gasteiger partial charge >= 0.3 is 0 Å². The van der Waals surface area contributed by atoms with Gasteiger partial charge in [-0.25, -0.2) is 0 Å². The summed E-state index contributed by atoms with van der Waals surface area (Å²) in [6, 6.07) is 1.99. The van der Waals surface area contributed by atoms with E-state index in [4.69, 9.17) is 10.5 Å². The van der Waals surface area contributed by atoms with Crippen molar-refractivity contribution in [3.63, 3.8) is 0 Å². The molecule has 1 saturated carbocycles. The van der Waals surface area contributed by atoms with Gasteiger partial charge in [-0.1, -0.05) is 0 Å². The zero-order valence-corrected chi connectivity index (χ0v) is 10.1. The first kappa shape index (κ1) is 11.3. The van der Waals surface area contributed by atoms with Crippen LogP contribution in [0.3, 0.4) is 0 Å². The SMILES string of the molecule is COc1cc(C)c(C2(CN)CC2)c(O)c1C. The maximum Gasteiger partial charge on any atom is 0.126 e. The van der Waals surface area contributed by atoms with Crippen molar-refractivity contribution in [1.82, 2.24) is 0 Å². The van der Waals surface area contributed by atoms with Crippen LogP contribution < -0.4 is 10.5 Å². The van der Waals surface area contributed by atoms with Crippen LogP contribution >= 0.6 is 0 Å². The lowest BCUT2D eigenvalue weighted by atomic mass is 9.89. The van der Waals surface area contributed by atoms with E-state index in [-0.39, 0.29) is 5.41 Å². The summed E-state index contributed by atoms with van der Waals surface area (Å²) in [6.45, 7) is 4.49. The monoisotopic (exact) mass is 221 g/mol. The van der Waals surface area contributed by atoms with Gasteiger partial charge in [0.15, 0.2) is 0 Å². The van der Waals surface area contributed by atoms with Crippen LogP contribution in [0.15, 0.2) is 6.07 Å². The Morgan fingerprint density at radius 2 is 2.06 bits per heavy atom. The molecule has 0 radical (unpaired) electrons. The Balaban J connectivity index is 2.59. The topological polar surface area (TPSA) is 55.5 Å². The second-order valence-corrected chi connectivity index (χ2v) is 4.73. The van der Waals surface area contributed by atoms with Gasteiger partial charge in [0.1, 0.15) is 11.5 Å². The van der Waals surface area contributed by atoms with Crippen LogP contribution in [0.1, 0.15) is 29.5 Å². The van der Waals surface area contributed by atoms with E-state index in [0.29, 0.717) is 12.3 Å². The summed E-state index contributed by atoms with van der Waals surface area (Å²) in [5.74, 6) is 1.10. The summed E-state index contributed by atoms with van der Waals surface area (Å²) in [6.07, 6.45) is 2.15. The first-order valence-electron chi connectivity index (χ1n) is 5.63. The third-order valence-corrected chi connectivity index (χ3v) is 3.70. The van der Waals surface area contributed by atoms with Crippen LogP contribution in [0.5, 0.6) is 11.5 Å². The van der Waals surface area contributed by atoms with E-state index >= 15 is 0 Å². The molecular weight excluding hydrogens is 202 g/mol. The molecular formula is C13H19NO2. The van der Waals surface area contributed by atoms with Crippen LogP contribution in [0, 0.1) is 13.8 Å². The molecule has 1 fully saturated rings.